The van der Waals surface area contributed by atoms with Gasteiger partial charge in [0.2, 0.25) is 0 Å². The van der Waals surface area contributed by atoms with Gasteiger partial charge in [-0.3, -0.25) is 0 Å². The Hall–Kier alpha value is -0.810. The largest absolute Gasteiger partial charge is 0.573 e. The van der Waals surface area contributed by atoms with Gasteiger partial charge in [-0.25, -0.2) is 4.98 Å². The number of rotatable bonds is 1. The van der Waals surface area contributed by atoms with Crippen LogP contribution in [-0.2, 0) is 0 Å². The lowest BCUT2D eigenvalue weighted by Crippen LogP contribution is -2.18. The van der Waals surface area contributed by atoms with E-state index >= 15 is 0 Å². The van der Waals surface area contributed by atoms with Crippen molar-refractivity contribution < 1.29 is 17.9 Å². The molecule has 15 heavy (non-hydrogen) atoms. The molecule has 0 atom stereocenters. The number of hydrogen-bond acceptors (Lipinski definition) is 3. The minimum atomic E-state index is -4.85. The molecule has 0 N–H and O–H groups in total. The fourth-order valence-corrected chi connectivity index (χ4v) is 1.32. The van der Waals surface area contributed by atoms with Crippen LogP contribution in [0.5, 0.6) is 5.75 Å². The van der Waals surface area contributed by atoms with Crippen LogP contribution in [0.4, 0.5) is 13.2 Å². The molecule has 1 aromatic heterocycles. The lowest BCUT2D eigenvalue weighted by atomic mass is 10.3. The normalized spacial score (nSPS) is 10.9. The summed E-state index contributed by atoms with van der Waals surface area (Å²) in [4.78, 5) is 3.56. The molecule has 0 saturated carbocycles. The minimum Gasteiger partial charge on any atom is -0.403 e. The molecule has 0 aliphatic heterocycles. The second-order valence-electron chi connectivity index (χ2n) is 2.27. The maximum absolute atomic E-state index is 11.9. The maximum atomic E-state index is 11.9. The van der Waals surface area contributed by atoms with Crippen molar-refractivity contribution in [3.63, 3.8) is 0 Å². The molecule has 0 amide bonds. The quantitative estimate of drug-likeness (QED) is 0.733. The number of nitriles is 1. The van der Waals surface area contributed by atoms with Crippen LogP contribution in [0.2, 0.25) is 0 Å². The number of alkyl halides is 3. The smallest absolute Gasteiger partial charge is 0.403 e. The number of pyridine rings is 1. The molecule has 0 radical (unpaired) electrons. The highest BCUT2D eigenvalue weighted by atomic mass is 79.9. The summed E-state index contributed by atoms with van der Waals surface area (Å²) in [5.74, 6) is -0.639. The van der Waals surface area contributed by atoms with E-state index in [0.29, 0.717) is 0 Å². The summed E-state index contributed by atoms with van der Waals surface area (Å²) in [7, 11) is 0. The Balaban J connectivity index is 3.18. The maximum Gasteiger partial charge on any atom is 0.573 e. The molecule has 0 unspecified atom stereocenters. The van der Waals surface area contributed by atoms with Crippen molar-refractivity contribution >= 4 is 31.9 Å². The van der Waals surface area contributed by atoms with Crippen LogP contribution in [0.25, 0.3) is 0 Å². The third-order valence-corrected chi connectivity index (χ3v) is 2.97. The predicted octanol–water partition coefficient (Wildman–Crippen LogP) is 3.38. The molecule has 0 fully saturated rings. The first-order valence-corrected chi connectivity index (χ1v) is 4.94. The number of hydrogen-bond donors (Lipinski definition) is 0. The van der Waals surface area contributed by atoms with Gasteiger partial charge in [-0.1, -0.05) is 0 Å². The van der Waals surface area contributed by atoms with Gasteiger partial charge in [-0.15, -0.1) is 13.2 Å². The zero-order valence-electron chi connectivity index (χ0n) is 6.77. The summed E-state index contributed by atoms with van der Waals surface area (Å²) < 4.78 is 39.8. The van der Waals surface area contributed by atoms with E-state index in [1.54, 1.807) is 0 Å². The van der Waals surface area contributed by atoms with Crippen LogP contribution in [0.3, 0.4) is 0 Å². The molecule has 1 heterocycles. The van der Waals surface area contributed by atoms with Crippen molar-refractivity contribution in [2.75, 3.05) is 0 Å². The molecule has 0 aliphatic rings. The molecule has 0 saturated heterocycles. The fraction of sp³-hybridized carbons (Fsp3) is 0.143. The zero-order chi connectivity index (χ0) is 11.6. The number of aromatic nitrogens is 1. The fourth-order valence-electron chi connectivity index (χ4n) is 0.732. The van der Waals surface area contributed by atoms with Crippen LogP contribution >= 0.6 is 31.9 Å². The van der Waals surface area contributed by atoms with Gasteiger partial charge < -0.3 is 4.74 Å². The Morgan fingerprint density at radius 3 is 2.47 bits per heavy atom. The van der Waals surface area contributed by atoms with Gasteiger partial charge >= 0.3 is 6.36 Å². The van der Waals surface area contributed by atoms with E-state index < -0.39 is 17.8 Å². The van der Waals surface area contributed by atoms with E-state index in [2.05, 4.69) is 41.6 Å². The summed E-state index contributed by atoms with van der Waals surface area (Å²) in [5, 5.41) is 8.53. The van der Waals surface area contributed by atoms with Crippen LogP contribution in [0.15, 0.2) is 15.1 Å². The number of halogens is 5. The molecule has 3 nitrogen and oxygen atoms in total. The molecular formula is C7HBr2F3N2O. The monoisotopic (exact) mass is 344 g/mol. The van der Waals surface area contributed by atoms with Gasteiger partial charge in [0.05, 0.1) is 4.47 Å². The Labute approximate surface area is 99.1 Å². The van der Waals surface area contributed by atoms with Crippen molar-refractivity contribution in [3.05, 3.63) is 20.8 Å². The van der Waals surface area contributed by atoms with Crippen molar-refractivity contribution in [2.45, 2.75) is 6.36 Å². The summed E-state index contributed by atoms with van der Waals surface area (Å²) in [6.45, 7) is 0. The molecule has 0 spiro atoms. The van der Waals surface area contributed by atoms with Crippen LogP contribution < -0.4 is 4.74 Å². The summed E-state index contributed by atoms with van der Waals surface area (Å²) in [5.41, 5.74) is -0.442. The van der Waals surface area contributed by atoms with Crippen LogP contribution in [-0.4, -0.2) is 11.3 Å². The third-order valence-electron chi connectivity index (χ3n) is 1.23. The van der Waals surface area contributed by atoms with Gasteiger partial charge in [-0.2, -0.15) is 5.26 Å². The summed E-state index contributed by atoms with van der Waals surface area (Å²) in [6.07, 6.45) is -4.85. The highest BCUT2D eigenvalue weighted by molar-refractivity contribution is 9.13. The van der Waals surface area contributed by atoms with E-state index in [9.17, 15) is 13.2 Å². The Bertz CT molecular complexity index is 427. The average Bonchev–Trinajstić information content (AvgIpc) is 2.08. The Morgan fingerprint density at radius 2 is 2.00 bits per heavy atom. The van der Waals surface area contributed by atoms with Gasteiger partial charge in [-0.05, 0) is 31.9 Å². The highest BCUT2D eigenvalue weighted by Crippen LogP contribution is 2.31. The Morgan fingerprint density at radius 1 is 1.40 bits per heavy atom. The summed E-state index contributed by atoms with van der Waals surface area (Å²) >= 11 is 5.91. The predicted molar refractivity (Wildman–Crippen MR) is 51.0 cm³/mol. The first-order chi connectivity index (χ1) is 6.83. The highest BCUT2D eigenvalue weighted by Gasteiger charge is 2.32. The van der Waals surface area contributed by atoms with Gasteiger partial charge in [0, 0.05) is 6.07 Å². The van der Waals surface area contributed by atoms with E-state index in [4.69, 9.17) is 5.26 Å². The number of nitrogens with zero attached hydrogens (tertiary/aromatic N) is 2. The van der Waals surface area contributed by atoms with Crippen molar-refractivity contribution in [1.29, 1.82) is 5.26 Å². The zero-order valence-corrected chi connectivity index (χ0v) is 9.94. The molecule has 1 rings (SSSR count). The molecule has 1 aromatic rings. The van der Waals surface area contributed by atoms with Gasteiger partial charge in [0.1, 0.15) is 10.7 Å². The number of ether oxygens (including phenoxy) is 1. The molecule has 0 bridgehead atoms. The van der Waals surface area contributed by atoms with Crippen molar-refractivity contribution in [1.82, 2.24) is 4.98 Å². The first kappa shape index (κ1) is 12.3. The third kappa shape index (κ3) is 3.35. The topological polar surface area (TPSA) is 45.9 Å². The van der Waals surface area contributed by atoms with E-state index in [0.717, 1.165) is 6.07 Å². The molecular weight excluding hydrogens is 345 g/mol. The molecule has 0 aromatic carbocycles. The van der Waals surface area contributed by atoms with Crippen molar-refractivity contribution in [3.8, 4) is 11.8 Å². The molecule has 8 heteroatoms. The van der Waals surface area contributed by atoms with Gasteiger partial charge in [0.15, 0.2) is 11.4 Å². The van der Waals surface area contributed by atoms with E-state index in [1.807, 2.05) is 0 Å². The van der Waals surface area contributed by atoms with Gasteiger partial charge in [0.25, 0.3) is 0 Å². The molecule has 0 aliphatic carbocycles. The second-order valence-corrected chi connectivity index (χ2v) is 3.87. The SMILES string of the molecule is N#Cc1nc(Br)c(Br)cc1OC(F)(F)F. The molecule has 80 valence electrons. The Kier molecular flexibility index (Phi) is 3.57. The minimum absolute atomic E-state index is 0.230. The lowest BCUT2D eigenvalue weighted by molar-refractivity contribution is -0.274. The van der Waals surface area contributed by atoms with E-state index in [-0.39, 0.29) is 9.08 Å². The van der Waals surface area contributed by atoms with Crippen molar-refractivity contribution in [2.24, 2.45) is 0 Å². The summed E-state index contributed by atoms with van der Waals surface area (Å²) in [6, 6.07) is 2.52. The standard InChI is InChI=1S/C7HBr2F3N2O/c8-3-1-5(15-7(10,11)12)4(2-13)14-6(3)9/h1H. The average molecular weight is 346 g/mol. The second kappa shape index (κ2) is 4.37. The first-order valence-electron chi connectivity index (χ1n) is 3.35. The van der Waals surface area contributed by atoms with E-state index in [1.165, 1.54) is 6.07 Å². The van der Waals surface area contributed by atoms with Crippen LogP contribution in [0, 0.1) is 11.3 Å². The lowest BCUT2D eigenvalue weighted by Gasteiger charge is -2.10. The van der Waals surface area contributed by atoms with Crippen LogP contribution in [0.1, 0.15) is 5.69 Å².